The van der Waals surface area contributed by atoms with E-state index in [1.807, 2.05) is 0 Å². The topological polar surface area (TPSA) is 99.2 Å². The van der Waals surface area contributed by atoms with Gasteiger partial charge in [-0.3, -0.25) is 10.0 Å². The van der Waals surface area contributed by atoms with Crippen LogP contribution in [0.5, 0.6) is 0 Å². The number of rotatable bonds is 4. The van der Waals surface area contributed by atoms with Crippen molar-refractivity contribution >= 4 is 23.0 Å². The molecule has 0 saturated heterocycles. The summed E-state index contributed by atoms with van der Waals surface area (Å²) in [5, 5.41) is 24.5. The minimum Gasteiger partial charge on any atom is -0.481 e. The van der Waals surface area contributed by atoms with E-state index in [1.54, 1.807) is 24.3 Å². The van der Waals surface area contributed by atoms with E-state index >= 15 is 0 Å². The molecule has 7 heteroatoms. The molecule has 0 aliphatic rings. The summed E-state index contributed by atoms with van der Waals surface area (Å²) in [6.45, 7) is 0.202. The standard InChI is InChI=1S/C10H10N4O3/c15-9(16)5-6-11-10-12-7-3-1-2-4-8(7)14(17)13-10/h1-4H,5-6H2,(H2-,11,12,13,15,16,17)/p+1. The van der Waals surface area contributed by atoms with Crippen LogP contribution in [0, 0.1) is 0 Å². The number of benzene rings is 1. The van der Waals surface area contributed by atoms with Gasteiger partial charge in [0.1, 0.15) is 10.4 Å². The molecule has 0 fully saturated rings. The lowest BCUT2D eigenvalue weighted by molar-refractivity contribution is -0.928. The number of hydrogen-bond acceptors (Lipinski definition) is 5. The monoisotopic (exact) mass is 235 g/mol. The molecule has 0 aliphatic carbocycles. The molecule has 0 unspecified atom stereocenters. The molecule has 1 aromatic carbocycles. The number of aromatic nitrogens is 3. The van der Waals surface area contributed by atoms with Crippen molar-refractivity contribution in [3.63, 3.8) is 0 Å². The molecule has 0 saturated carbocycles. The largest absolute Gasteiger partial charge is 0.481 e. The first-order valence-corrected chi connectivity index (χ1v) is 5.01. The van der Waals surface area contributed by atoms with Gasteiger partial charge >= 0.3 is 11.5 Å². The van der Waals surface area contributed by atoms with Gasteiger partial charge in [-0.1, -0.05) is 12.1 Å². The zero-order chi connectivity index (χ0) is 12.3. The number of nitrogens with zero attached hydrogens (tertiary/aromatic N) is 3. The molecular formula is C10H11N4O3+. The number of carbonyl (C=O) groups is 1. The van der Waals surface area contributed by atoms with Crippen molar-refractivity contribution in [3.05, 3.63) is 24.3 Å². The Morgan fingerprint density at radius 2 is 2.18 bits per heavy atom. The fraction of sp³-hybridized carbons (Fsp3) is 0.200. The van der Waals surface area contributed by atoms with Crippen molar-refractivity contribution in [3.8, 4) is 0 Å². The van der Waals surface area contributed by atoms with Gasteiger partial charge < -0.3 is 10.4 Å². The fourth-order valence-corrected chi connectivity index (χ4v) is 1.36. The Hall–Kier alpha value is -2.44. The number of carboxylic acid groups (broad SMARTS) is 1. The molecule has 0 radical (unpaired) electrons. The Balaban J connectivity index is 2.21. The minimum absolute atomic E-state index is 0.0401. The van der Waals surface area contributed by atoms with Gasteiger partial charge in [-0.15, -0.1) is 0 Å². The third-order valence-electron chi connectivity index (χ3n) is 2.13. The van der Waals surface area contributed by atoms with Crippen LogP contribution in [-0.4, -0.2) is 32.9 Å². The van der Waals surface area contributed by atoms with Crippen molar-refractivity contribution in [2.75, 3.05) is 11.9 Å². The van der Waals surface area contributed by atoms with E-state index in [-0.39, 0.29) is 18.9 Å². The maximum atomic E-state index is 10.3. The number of carboxylic acids is 1. The van der Waals surface area contributed by atoms with E-state index in [0.29, 0.717) is 15.9 Å². The zero-order valence-corrected chi connectivity index (χ0v) is 8.87. The van der Waals surface area contributed by atoms with Crippen LogP contribution in [0.1, 0.15) is 6.42 Å². The van der Waals surface area contributed by atoms with E-state index < -0.39 is 5.97 Å². The smallest absolute Gasteiger partial charge is 0.315 e. The normalized spacial score (nSPS) is 10.4. The number of hydrogen-bond donors (Lipinski definition) is 3. The van der Waals surface area contributed by atoms with Gasteiger partial charge in [-0.05, 0) is 6.07 Å². The summed E-state index contributed by atoms with van der Waals surface area (Å²) >= 11 is 0. The third-order valence-corrected chi connectivity index (χ3v) is 2.13. The van der Waals surface area contributed by atoms with Crippen LogP contribution < -0.4 is 10.2 Å². The number of nitrogens with one attached hydrogen (secondary N) is 1. The van der Waals surface area contributed by atoms with Gasteiger partial charge in [0.15, 0.2) is 0 Å². The molecule has 1 heterocycles. The second kappa shape index (κ2) is 4.60. The Labute approximate surface area is 96.3 Å². The van der Waals surface area contributed by atoms with Crippen molar-refractivity contribution in [2.24, 2.45) is 0 Å². The van der Waals surface area contributed by atoms with Crippen LogP contribution in [0.2, 0.25) is 0 Å². The fourth-order valence-electron chi connectivity index (χ4n) is 1.36. The Bertz CT molecular complexity index is 558. The Morgan fingerprint density at radius 3 is 2.94 bits per heavy atom. The van der Waals surface area contributed by atoms with Gasteiger partial charge in [0.05, 0.1) is 11.5 Å². The summed E-state index contributed by atoms with van der Waals surface area (Å²) in [5.41, 5.74) is 1.05. The zero-order valence-electron chi connectivity index (χ0n) is 8.87. The average Bonchev–Trinajstić information content (AvgIpc) is 2.28. The molecule has 0 aliphatic heterocycles. The van der Waals surface area contributed by atoms with Crippen LogP contribution >= 0.6 is 0 Å². The lowest BCUT2D eigenvalue weighted by Gasteiger charge is -2.00. The Kier molecular flexibility index (Phi) is 2.99. The molecule has 1 aromatic heterocycles. The quantitative estimate of drug-likeness (QED) is 0.511. The number of aliphatic carboxylic acids is 1. The summed E-state index contributed by atoms with van der Waals surface area (Å²) in [6, 6.07) is 6.95. The van der Waals surface area contributed by atoms with E-state index in [4.69, 9.17) is 5.11 Å². The summed E-state index contributed by atoms with van der Waals surface area (Å²) in [4.78, 5) is 15.2. The van der Waals surface area contributed by atoms with Gasteiger partial charge in [0.25, 0.3) is 5.95 Å². The van der Waals surface area contributed by atoms with Crippen molar-refractivity contribution in [1.29, 1.82) is 0 Å². The predicted octanol–water partition coefficient (Wildman–Crippen LogP) is 0.0412. The summed E-state index contributed by atoms with van der Waals surface area (Å²) in [6.07, 6.45) is -0.0401. The highest BCUT2D eigenvalue weighted by Crippen LogP contribution is 2.06. The van der Waals surface area contributed by atoms with Crippen LogP contribution in [-0.2, 0) is 4.79 Å². The first-order valence-electron chi connectivity index (χ1n) is 5.01. The van der Waals surface area contributed by atoms with Crippen molar-refractivity contribution in [1.82, 2.24) is 10.1 Å². The highest BCUT2D eigenvalue weighted by atomic mass is 16.5. The van der Waals surface area contributed by atoms with E-state index in [9.17, 15) is 10.0 Å². The molecule has 7 nitrogen and oxygen atoms in total. The summed E-state index contributed by atoms with van der Waals surface area (Å²) in [5.74, 6) is -0.720. The SMILES string of the molecule is O=C(O)CCNc1nc2ccccc2[n+](O)n1. The molecule has 17 heavy (non-hydrogen) atoms. The second-order valence-electron chi connectivity index (χ2n) is 3.38. The van der Waals surface area contributed by atoms with Crippen LogP contribution in [0.25, 0.3) is 11.0 Å². The first kappa shape index (κ1) is 11.1. The average molecular weight is 235 g/mol. The molecule has 2 rings (SSSR count). The minimum atomic E-state index is -0.907. The first-order chi connectivity index (χ1) is 8.16. The van der Waals surface area contributed by atoms with Gasteiger partial charge in [-0.2, -0.15) is 0 Å². The molecule has 0 bridgehead atoms. The number of anilines is 1. The second-order valence-corrected chi connectivity index (χ2v) is 3.38. The predicted molar refractivity (Wildman–Crippen MR) is 57.7 cm³/mol. The highest BCUT2D eigenvalue weighted by molar-refractivity contribution is 5.71. The Morgan fingerprint density at radius 1 is 1.41 bits per heavy atom. The van der Waals surface area contributed by atoms with Crippen molar-refractivity contribution < 1.29 is 20.0 Å². The molecular weight excluding hydrogens is 224 g/mol. The van der Waals surface area contributed by atoms with E-state index in [2.05, 4.69) is 15.4 Å². The van der Waals surface area contributed by atoms with Gasteiger partial charge in [-0.25, -0.2) is 4.98 Å². The molecule has 0 atom stereocenters. The van der Waals surface area contributed by atoms with E-state index in [1.165, 1.54) is 0 Å². The number of para-hydroxylation sites is 2. The summed E-state index contributed by atoms with van der Waals surface area (Å²) < 4.78 is 0. The number of fused-ring (bicyclic) bond motifs is 1. The lowest BCUT2D eigenvalue weighted by atomic mass is 10.3. The maximum absolute atomic E-state index is 10.3. The highest BCUT2D eigenvalue weighted by Gasteiger charge is 2.13. The van der Waals surface area contributed by atoms with Gasteiger partial charge in [0, 0.05) is 12.6 Å². The third kappa shape index (κ3) is 2.57. The van der Waals surface area contributed by atoms with Crippen molar-refractivity contribution in [2.45, 2.75) is 6.42 Å². The molecule has 2 aromatic rings. The molecule has 88 valence electrons. The van der Waals surface area contributed by atoms with E-state index in [0.717, 1.165) is 0 Å². The van der Waals surface area contributed by atoms with Crippen LogP contribution in [0.4, 0.5) is 5.95 Å². The molecule has 0 spiro atoms. The lowest BCUT2D eigenvalue weighted by Crippen LogP contribution is -2.37. The van der Waals surface area contributed by atoms with Crippen LogP contribution in [0.3, 0.4) is 0 Å². The van der Waals surface area contributed by atoms with Gasteiger partial charge in [0.2, 0.25) is 0 Å². The van der Waals surface area contributed by atoms with Crippen LogP contribution in [0.15, 0.2) is 24.3 Å². The maximum Gasteiger partial charge on any atom is 0.315 e. The molecule has 0 amide bonds. The summed E-state index contributed by atoms with van der Waals surface area (Å²) in [7, 11) is 0. The molecule has 3 N–H and O–H groups in total.